The number of hydrogen-bond acceptors (Lipinski definition) is 6. The molecule has 0 unspecified atom stereocenters. The average molecular weight is 429 g/mol. The SMILES string of the molecule is CCc1ccc(S(=O)(=O)N2CCc3nc(NC(=O)c4ccccn4)sc3C2)cc1. The lowest BCUT2D eigenvalue weighted by Gasteiger charge is -2.25. The van der Waals surface area contributed by atoms with Crippen LogP contribution in [0.4, 0.5) is 5.13 Å². The molecule has 3 aromatic rings. The molecule has 4 rings (SSSR count). The van der Waals surface area contributed by atoms with Crippen LogP contribution in [0.15, 0.2) is 53.6 Å². The van der Waals surface area contributed by atoms with Crippen LogP contribution in [0, 0.1) is 0 Å². The van der Waals surface area contributed by atoms with E-state index in [9.17, 15) is 13.2 Å². The first-order valence-electron chi connectivity index (χ1n) is 9.27. The van der Waals surface area contributed by atoms with E-state index in [2.05, 4.69) is 15.3 Å². The van der Waals surface area contributed by atoms with Gasteiger partial charge < -0.3 is 0 Å². The van der Waals surface area contributed by atoms with Crippen molar-refractivity contribution in [2.75, 3.05) is 11.9 Å². The number of nitrogens with one attached hydrogen (secondary N) is 1. The first-order chi connectivity index (χ1) is 14.0. The maximum absolute atomic E-state index is 13.0. The number of carbonyl (C=O) groups excluding carboxylic acids is 1. The summed E-state index contributed by atoms with van der Waals surface area (Å²) < 4.78 is 27.5. The van der Waals surface area contributed by atoms with E-state index in [1.807, 2.05) is 19.1 Å². The number of hydrogen-bond donors (Lipinski definition) is 1. The number of aryl methyl sites for hydroxylation is 1. The van der Waals surface area contributed by atoms with Gasteiger partial charge in [-0.05, 0) is 36.2 Å². The van der Waals surface area contributed by atoms with Crippen LogP contribution in [0.1, 0.15) is 33.5 Å². The van der Waals surface area contributed by atoms with E-state index in [0.29, 0.717) is 28.7 Å². The van der Waals surface area contributed by atoms with Crippen LogP contribution in [0.25, 0.3) is 0 Å². The van der Waals surface area contributed by atoms with Crippen LogP contribution in [-0.4, -0.2) is 35.1 Å². The molecular formula is C20H20N4O3S2. The van der Waals surface area contributed by atoms with Crippen LogP contribution >= 0.6 is 11.3 Å². The second kappa shape index (κ2) is 8.02. The first-order valence-corrected chi connectivity index (χ1v) is 11.5. The van der Waals surface area contributed by atoms with Gasteiger partial charge in [-0.15, -0.1) is 11.3 Å². The average Bonchev–Trinajstić information content (AvgIpc) is 3.15. The number of amides is 1. The van der Waals surface area contributed by atoms with Crippen molar-refractivity contribution in [1.29, 1.82) is 0 Å². The fraction of sp³-hybridized carbons (Fsp3) is 0.250. The molecule has 1 N–H and O–H groups in total. The van der Waals surface area contributed by atoms with Crippen molar-refractivity contribution in [3.05, 3.63) is 70.5 Å². The molecule has 0 fully saturated rings. The van der Waals surface area contributed by atoms with Gasteiger partial charge in [0.2, 0.25) is 10.0 Å². The zero-order valence-corrected chi connectivity index (χ0v) is 17.5. The first kappa shape index (κ1) is 19.7. The molecule has 1 aromatic carbocycles. The van der Waals surface area contributed by atoms with Gasteiger partial charge in [-0.2, -0.15) is 4.31 Å². The summed E-state index contributed by atoms with van der Waals surface area (Å²) in [7, 11) is -3.57. The molecule has 150 valence electrons. The zero-order chi connectivity index (χ0) is 20.4. The standard InChI is InChI=1S/C20H20N4O3S2/c1-2-14-6-8-15(9-7-14)29(26,27)24-12-10-16-18(13-24)28-20(22-16)23-19(25)17-5-3-4-11-21-17/h3-9,11H,2,10,12-13H2,1H3,(H,22,23,25). The Morgan fingerprint density at radius 3 is 2.69 bits per heavy atom. The Balaban J connectivity index is 1.50. The second-order valence-electron chi connectivity index (χ2n) is 6.64. The van der Waals surface area contributed by atoms with Gasteiger partial charge in [-0.1, -0.05) is 25.1 Å². The molecule has 0 radical (unpaired) electrons. The number of aromatic nitrogens is 2. The van der Waals surface area contributed by atoms with Gasteiger partial charge in [0, 0.05) is 24.0 Å². The highest BCUT2D eigenvalue weighted by Gasteiger charge is 2.30. The van der Waals surface area contributed by atoms with Crippen molar-refractivity contribution < 1.29 is 13.2 Å². The highest BCUT2D eigenvalue weighted by atomic mass is 32.2. The van der Waals surface area contributed by atoms with Crippen molar-refractivity contribution >= 4 is 32.4 Å². The lowest BCUT2D eigenvalue weighted by Crippen LogP contribution is -2.35. The van der Waals surface area contributed by atoms with Crippen molar-refractivity contribution in [2.24, 2.45) is 0 Å². The largest absolute Gasteiger partial charge is 0.296 e. The highest BCUT2D eigenvalue weighted by Crippen LogP contribution is 2.31. The van der Waals surface area contributed by atoms with Crippen molar-refractivity contribution in [2.45, 2.75) is 31.2 Å². The number of sulfonamides is 1. The van der Waals surface area contributed by atoms with Gasteiger partial charge in [0.05, 0.1) is 17.1 Å². The van der Waals surface area contributed by atoms with Gasteiger partial charge >= 0.3 is 0 Å². The van der Waals surface area contributed by atoms with Gasteiger partial charge in [-0.25, -0.2) is 13.4 Å². The van der Waals surface area contributed by atoms with Crippen LogP contribution in [0.3, 0.4) is 0 Å². The Morgan fingerprint density at radius 2 is 2.00 bits per heavy atom. The number of pyridine rings is 1. The summed E-state index contributed by atoms with van der Waals surface area (Å²) in [5.41, 5.74) is 2.24. The third-order valence-corrected chi connectivity index (χ3v) is 7.64. The fourth-order valence-corrected chi connectivity index (χ4v) is 5.64. The van der Waals surface area contributed by atoms with E-state index in [0.717, 1.165) is 22.6 Å². The Labute approximate surface area is 173 Å². The smallest absolute Gasteiger partial charge is 0.276 e. The number of nitrogens with zero attached hydrogens (tertiary/aromatic N) is 3. The molecule has 9 heteroatoms. The minimum atomic E-state index is -3.57. The van der Waals surface area contributed by atoms with Crippen molar-refractivity contribution in [3.63, 3.8) is 0 Å². The number of thiazole rings is 1. The molecule has 0 atom stereocenters. The molecule has 0 spiro atoms. The Bertz CT molecular complexity index is 1130. The summed E-state index contributed by atoms with van der Waals surface area (Å²) in [5.74, 6) is -0.336. The Kier molecular flexibility index (Phi) is 5.44. The monoisotopic (exact) mass is 428 g/mol. The Morgan fingerprint density at radius 1 is 1.21 bits per heavy atom. The van der Waals surface area contributed by atoms with E-state index in [1.54, 1.807) is 36.5 Å². The maximum atomic E-state index is 13.0. The number of carbonyl (C=O) groups is 1. The molecule has 0 bridgehead atoms. The van der Waals surface area contributed by atoms with E-state index in [4.69, 9.17) is 0 Å². The molecule has 1 aliphatic rings. The fourth-order valence-electron chi connectivity index (χ4n) is 3.14. The summed E-state index contributed by atoms with van der Waals surface area (Å²) in [4.78, 5) is 21.9. The molecular weight excluding hydrogens is 408 g/mol. The number of fused-ring (bicyclic) bond motifs is 1. The number of benzene rings is 1. The highest BCUT2D eigenvalue weighted by molar-refractivity contribution is 7.89. The molecule has 7 nitrogen and oxygen atoms in total. The summed E-state index contributed by atoms with van der Waals surface area (Å²) in [6.45, 7) is 2.65. The van der Waals surface area contributed by atoms with Gasteiger partial charge in [-0.3, -0.25) is 15.1 Å². The van der Waals surface area contributed by atoms with Crippen LogP contribution in [0.5, 0.6) is 0 Å². The van der Waals surface area contributed by atoms with Gasteiger partial charge in [0.1, 0.15) is 5.69 Å². The van der Waals surface area contributed by atoms with Crippen LogP contribution in [-0.2, 0) is 29.4 Å². The molecule has 0 saturated carbocycles. The molecule has 0 aliphatic carbocycles. The van der Waals surface area contributed by atoms with E-state index >= 15 is 0 Å². The minimum Gasteiger partial charge on any atom is -0.296 e. The van der Waals surface area contributed by atoms with E-state index in [-0.39, 0.29) is 12.5 Å². The van der Waals surface area contributed by atoms with Crippen LogP contribution in [0.2, 0.25) is 0 Å². The minimum absolute atomic E-state index is 0.254. The van der Waals surface area contributed by atoms with Crippen LogP contribution < -0.4 is 5.32 Å². The summed E-state index contributed by atoms with van der Waals surface area (Å²) in [6, 6.07) is 12.1. The Hall–Kier alpha value is -2.62. The second-order valence-corrected chi connectivity index (χ2v) is 9.67. The molecule has 0 saturated heterocycles. The van der Waals surface area contributed by atoms with E-state index < -0.39 is 10.0 Å². The van der Waals surface area contributed by atoms with Gasteiger partial charge in [0.15, 0.2) is 5.13 Å². The molecule has 1 aliphatic heterocycles. The molecule has 29 heavy (non-hydrogen) atoms. The predicted octanol–water partition coefficient (Wildman–Crippen LogP) is 3.10. The number of anilines is 1. The number of rotatable bonds is 5. The zero-order valence-electron chi connectivity index (χ0n) is 15.8. The van der Waals surface area contributed by atoms with E-state index in [1.165, 1.54) is 15.6 Å². The summed E-state index contributed by atoms with van der Waals surface area (Å²) in [5, 5.41) is 3.21. The van der Waals surface area contributed by atoms with Gasteiger partial charge in [0.25, 0.3) is 5.91 Å². The summed E-state index contributed by atoms with van der Waals surface area (Å²) in [6.07, 6.45) is 2.93. The summed E-state index contributed by atoms with van der Waals surface area (Å²) >= 11 is 1.30. The predicted molar refractivity (Wildman–Crippen MR) is 111 cm³/mol. The molecule has 2 aromatic heterocycles. The normalized spacial score (nSPS) is 14.4. The molecule has 1 amide bonds. The lowest BCUT2D eigenvalue weighted by atomic mass is 10.2. The topological polar surface area (TPSA) is 92.3 Å². The quantitative estimate of drug-likeness (QED) is 0.674. The van der Waals surface area contributed by atoms with Crippen molar-refractivity contribution in [3.8, 4) is 0 Å². The lowest BCUT2D eigenvalue weighted by molar-refractivity contribution is 0.102. The van der Waals surface area contributed by atoms with Crippen molar-refractivity contribution in [1.82, 2.24) is 14.3 Å². The molecule has 3 heterocycles. The third-order valence-electron chi connectivity index (χ3n) is 4.78. The maximum Gasteiger partial charge on any atom is 0.276 e. The third kappa shape index (κ3) is 4.07.